The molecule has 3 aromatic rings. The molecule has 1 saturated heterocycles. The van der Waals surface area contributed by atoms with Gasteiger partial charge in [-0.05, 0) is 82.7 Å². The van der Waals surface area contributed by atoms with Crippen LogP contribution in [-0.2, 0) is 11.4 Å². The lowest BCUT2D eigenvalue weighted by molar-refractivity contribution is -0.122. The zero-order valence-electron chi connectivity index (χ0n) is 18.9. The van der Waals surface area contributed by atoms with Gasteiger partial charge in [0.1, 0.15) is 6.61 Å². The third-order valence-corrected chi connectivity index (χ3v) is 7.64. The molecule has 9 heteroatoms. The number of rotatable bonds is 7. The number of amidine groups is 1. The van der Waals surface area contributed by atoms with Crippen LogP contribution in [0.15, 0.2) is 75.0 Å². The molecule has 0 saturated carbocycles. The highest BCUT2D eigenvalue weighted by atomic mass is 79.9. The van der Waals surface area contributed by atoms with Crippen LogP contribution in [0.25, 0.3) is 6.08 Å². The lowest BCUT2D eigenvalue weighted by atomic mass is 10.1. The van der Waals surface area contributed by atoms with Crippen LogP contribution < -0.4 is 9.47 Å². The van der Waals surface area contributed by atoms with Crippen LogP contribution in [0.1, 0.15) is 18.1 Å². The van der Waals surface area contributed by atoms with Crippen molar-refractivity contribution >= 4 is 73.7 Å². The summed E-state index contributed by atoms with van der Waals surface area (Å²) in [5, 5.41) is 1.81. The van der Waals surface area contributed by atoms with Gasteiger partial charge < -0.3 is 9.47 Å². The number of benzene rings is 3. The molecule has 0 spiro atoms. The fourth-order valence-corrected chi connectivity index (χ4v) is 4.98. The molecule has 5 nitrogen and oxygen atoms in total. The number of methoxy groups -OCH3 is 1. The molecule has 180 valence electrons. The predicted molar refractivity (Wildman–Crippen MR) is 148 cm³/mol. The molecular weight excluding hydrogens is 571 g/mol. The van der Waals surface area contributed by atoms with Gasteiger partial charge in [0.15, 0.2) is 16.7 Å². The smallest absolute Gasteiger partial charge is 0.266 e. The van der Waals surface area contributed by atoms with Crippen LogP contribution in [0, 0.1) is 0 Å². The summed E-state index contributed by atoms with van der Waals surface area (Å²) in [5.41, 5.74) is 2.37. The first-order valence-corrected chi connectivity index (χ1v) is 13.1. The van der Waals surface area contributed by atoms with Crippen molar-refractivity contribution in [3.63, 3.8) is 0 Å². The molecule has 0 atom stereocenters. The summed E-state index contributed by atoms with van der Waals surface area (Å²) in [5.74, 6) is 1.01. The SMILES string of the molecule is CCN1C(=O)/C(=C\c2cccc(OC)c2OCc2ccc(Cl)cc2)SC1=Nc1ccc(Br)c(Cl)c1. The molecule has 4 rings (SSSR count). The molecule has 1 aliphatic heterocycles. The molecule has 1 amide bonds. The average Bonchev–Trinajstić information content (AvgIpc) is 3.14. The molecule has 0 bridgehead atoms. The van der Waals surface area contributed by atoms with Crippen LogP contribution in [-0.4, -0.2) is 29.6 Å². The number of amides is 1. The van der Waals surface area contributed by atoms with E-state index in [2.05, 4.69) is 20.9 Å². The highest BCUT2D eigenvalue weighted by Crippen LogP contribution is 2.39. The number of carbonyl (C=O) groups excluding carboxylic acids is 1. The van der Waals surface area contributed by atoms with E-state index in [-0.39, 0.29) is 5.91 Å². The number of aliphatic imine (C=N–C) groups is 1. The van der Waals surface area contributed by atoms with Crippen LogP contribution in [0.2, 0.25) is 10.0 Å². The summed E-state index contributed by atoms with van der Waals surface area (Å²) < 4.78 is 12.5. The minimum atomic E-state index is -0.120. The van der Waals surface area contributed by atoms with Gasteiger partial charge in [0.25, 0.3) is 5.91 Å². The van der Waals surface area contributed by atoms with Crippen molar-refractivity contribution in [1.29, 1.82) is 0 Å². The first kappa shape index (κ1) is 25.6. The summed E-state index contributed by atoms with van der Waals surface area (Å²) in [6.07, 6.45) is 1.81. The normalized spacial score (nSPS) is 15.8. The quantitative estimate of drug-likeness (QED) is 0.261. The largest absolute Gasteiger partial charge is 0.493 e. The van der Waals surface area contributed by atoms with Gasteiger partial charge in [-0.15, -0.1) is 0 Å². The molecule has 35 heavy (non-hydrogen) atoms. The second-order valence-electron chi connectivity index (χ2n) is 7.45. The average molecular weight is 592 g/mol. The number of thioether (sulfide) groups is 1. The Balaban J connectivity index is 1.65. The van der Waals surface area contributed by atoms with E-state index in [0.717, 1.165) is 15.6 Å². The van der Waals surface area contributed by atoms with Gasteiger partial charge in [-0.2, -0.15) is 0 Å². The maximum Gasteiger partial charge on any atom is 0.266 e. The molecule has 0 radical (unpaired) electrons. The number of ether oxygens (including phenoxy) is 2. The van der Waals surface area contributed by atoms with Gasteiger partial charge in [-0.3, -0.25) is 9.69 Å². The van der Waals surface area contributed by atoms with E-state index >= 15 is 0 Å². The Bertz CT molecular complexity index is 1310. The summed E-state index contributed by atoms with van der Waals surface area (Å²) in [6.45, 7) is 2.73. The zero-order chi connectivity index (χ0) is 24.9. The van der Waals surface area contributed by atoms with Crippen molar-refractivity contribution in [3.05, 3.63) is 91.2 Å². The molecule has 1 heterocycles. The highest BCUT2D eigenvalue weighted by Gasteiger charge is 2.32. The molecule has 0 aromatic heterocycles. The van der Waals surface area contributed by atoms with E-state index in [1.165, 1.54) is 11.8 Å². The van der Waals surface area contributed by atoms with Crippen LogP contribution in [0.3, 0.4) is 0 Å². The van der Waals surface area contributed by atoms with Gasteiger partial charge in [-0.25, -0.2) is 4.99 Å². The second-order valence-corrected chi connectivity index (χ2v) is 10.2. The number of para-hydroxylation sites is 1. The van der Waals surface area contributed by atoms with Gasteiger partial charge in [-0.1, -0.05) is 47.5 Å². The standard InChI is InChI=1S/C26H21BrCl2N2O3S/c1-3-31-25(32)23(35-26(31)30-19-11-12-20(27)21(29)14-19)13-17-5-4-6-22(33-2)24(17)34-15-16-7-9-18(28)10-8-16/h4-14H,3,15H2,1-2H3/b23-13+,30-26?. The van der Waals surface area contributed by atoms with E-state index in [1.54, 1.807) is 18.1 Å². The monoisotopic (exact) mass is 590 g/mol. The maximum absolute atomic E-state index is 13.2. The van der Waals surface area contributed by atoms with E-state index in [0.29, 0.717) is 50.5 Å². The fourth-order valence-electron chi connectivity index (χ4n) is 3.37. The third-order valence-electron chi connectivity index (χ3n) is 5.14. The molecule has 1 fully saturated rings. The maximum atomic E-state index is 13.2. The van der Waals surface area contributed by atoms with E-state index in [9.17, 15) is 4.79 Å². The lowest BCUT2D eigenvalue weighted by Crippen LogP contribution is -2.28. The van der Waals surface area contributed by atoms with Crippen LogP contribution in [0.4, 0.5) is 5.69 Å². The number of likely N-dealkylation sites (N-methyl/N-ethyl adjacent to an activating group) is 1. The van der Waals surface area contributed by atoms with Crippen LogP contribution >= 0.6 is 50.9 Å². The Labute approximate surface area is 226 Å². The Morgan fingerprint density at radius 1 is 1.11 bits per heavy atom. The van der Waals surface area contributed by atoms with Gasteiger partial charge >= 0.3 is 0 Å². The van der Waals surface area contributed by atoms with Crippen molar-refractivity contribution < 1.29 is 14.3 Å². The van der Waals surface area contributed by atoms with E-state index in [1.807, 2.05) is 67.6 Å². The summed E-state index contributed by atoms with van der Waals surface area (Å²) in [7, 11) is 1.59. The van der Waals surface area contributed by atoms with Crippen LogP contribution in [0.5, 0.6) is 11.5 Å². The van der Waals surface area contributed by atoms with Crippen molar-refractivity contribution in [1.82, 2.24) is 4.90 Å². The summed E-state index contributed by atoms with van der Waals surface area (Å²) in [4.78, 5) is 20.0. The number of halogens is 3. The van der Waals surface area contributed by atoms with Crippen molar-refractivity contribution in [2.24, 2.45) is 4.99 Å². The fraction of sp³-hybridized carbons (Fsp3) is 0.154. The molecular formula is C26H21BrCl2N2O3S. The van der Waals surface area contributed by atoms with Gasteiger partial charge in [0.2, 0.25) is 0 Å². The number of hydrogen-bond donors (Lipinski definition) is 0. The minimum absolute atomic E-state index is 0.120. The number of nitrogens with zero attached hydrogens (tertiary/aromatic N) is 2. The summed E-state index contributed by atoms with van der Waals surface area (Å²) >= 11 is 16.9. The number of carbonyl (C=O) groups is 1. The Morgan fingerprint density at radius 3 is 2.57 bits per heavy atom. The molecule has 3 aromatic carbocycles. The van der Waals surface area contributed by atoms with E-state index < -0.39 is 0 Å². The molecule has 1 aliphatic rings. The number of hydrogen-bond acceptors (Lipinski definition) is 5. The second kappa shape index (κ2) is 11.5. The Kier molecular flexibility index (Phi) is 8.44. The Morgan fingerprint density at radius 2 is 1.89 bits per heavy atom. The van der Waals surface area contributed by atoms with Crippen molar-refractivity contribution in [2.75, 3.05) is 13.7 Å². The first-order chi connectivity index (χ1) is 16.9. The highest BCUT2D eigenvalue weighted by molar-refractivity contribution is 9.10. The zero-order valence-corrected chi connectivity index (χ0v) is 22.8. The van der Waals surface area contributed by atoms with Gasteiger partial charge in [0, 0.05) is 21.6 Å². The van der Waals surface area contributed by atoms with Gasteiger partial charge in [0.05, 0.1) is 22.7 Å². The predicted octanol–water partition coefficient (Wildman–Crippen LogP) is 7.97. The minimum Gasteiger partial charge on any atom is -0.493 e. The Hall–Kier alpha value is -2.45. The topological polar surface area (TPSA) is 51.1 Å². The molecule has 0 aliphatic carbocycles. The first-order valence-electron chi connectivity index (χ1n) is 10.7. The lowest BCUT2D eigenvalue weighted by Gasteiger charge is -2.14. The summed E-state index contributed by atoms with van der Waals surface area (Å²) in [6, 6.07) is 18.4. The van der Waals surface area contributed by atoms with Crippen molar-refractivity contribution in [2.45, 2.75) is 13.5 Å². The third kappa shape index (κ3) is 6.04. The molecule has 0 N–H and O–H groups in total. The molecule has 0 unspecified atom stereocenters. The van der Waals surface area contributed by atoms with E-state index in [4.69, 9.17) is 32.7 Å². The van der Waals surface area contributed by atoms with Crippen molar-refractivity contribution in [3.8, 4) is 11.5 Å².